The monoisotopic (exact) mass is 124 g/mol. The summed E-state index contributed by atoms with van der Waals surface area (Å²) in [5, 5.41) is 0. The summed E-state index contributed by atoms with van der Waals surface area (Å²) in [5.74, 6) is 4.44. The predicted molar refractivity (Wildman–Crippen MR) is 39.2 cm³/mol. The maximum absolute atomic E-state index is 2.37. The van der Waals surface area contributed by atoms with E-state index in [-0.39, 0.29) is 0 Å². The highest BCUT2D eigenvalue weighted by atomic mass is 14.5. The van der Waals surface area contributed by atoms with Gasteiger partial charge in [-0.3, -0.25) is 0 Å². The number of hydrogen-bond acceptors (Lipinski definition) is 0. The minimum atomic E-state index is 0.968. The first-order valence-corrected chi connectivity index (χ1v) is 4.29. The maximum Gasteiger partial charge on any atom is -0.0352 e. The Morgan fingerprint density at radius 2 is 1.89 bits per heavy atom. The van der Waals surface area contributed by atoms with Gasteiger partial charge >= 0.3 is 0 Å². The Balaban J connectivity index is 1.81. The van der Waals surface area contributed by atoms with Crippen molar-refractivity contribution in [2.24, 2.45) is 23.7 Å². The van der Waals surface area contributed by atoms with Crippen LogP contribution in [0.25, 0.3) is 0 Å². The lowest BCUT2D eigenvalue weighted by molar-refractivity contribution is 0.494. The van der Waals surface area contributed by atoms with Crippen molar-refractivity contribution in [3.63, 3.8) is 0 Å². The molecule has 0 aromatic carbocycles. The molecule has 9 heavy (non-hydrogen) atoms. The Hall–Kier alpha value is 0. The first-order chi connectivity index (χ1) is 4.29. The lowest BCUT2D eigenvalue weighted by atomic mass is 10.1. The Kier molecular flexibility index (Phi) is 1.12. The van der Waals surface area contributed by atoms with Crippen molar-refractivity contribution in [3.05, 3.63) is 0 Å². The zero-order valence-electron chi connectivity index (χ0n) is 6.43. The molecular formula is C9H16. The van der Waals surface area contributed by atoms with Gasteiger partial charge in [-0.1, -0.05) is 13.8 Å². The van der Waals surface area contributed by atoms with Gasteiger partial charge in [0.25, 0.3) is 0 Å². The minimum Gasteiger partial charge on any atom is -0.0625 e. The van der Waals surface area contributed by atoms with Crippen molar-refractivity contribution in [3.8, 4) is 0 Å². The first-order valence-electron chi connectivity index (χ1n) is 4.29. The van der Waals surface area contributed by atoms with Gasteiger partial charge in [0.05, 0.1) is 0 Å². The topological polar surface area (TPSA) is 0 Å². The van der Waals surface area contributed by atoms with Gasteiger partial charge in [0.15, 0.2) is 0 Å². The predicted octanol–water partition coefficient (Wildman–Crippen LogP) is 2.69. The maximum atomic E-state index is 2.37. The summed E-state index contributed by atoms with van der Waals surface area (Å²) < 4.78 is 0. The van der Waals surface area contributed by atoms with Crippen molar-refractivity contribution in [2.45, 2.75) is 33.1 Å². The van der Waals surface area contributed by atoms with Gasteiger partial charge in [0.1, 0.15) is 0 Å². The Morgan fingerprint density at radius 3 is 2.22 bits per heavy atom. The molecule has 0 aromatic heterocycles. The molecular weight excluding hydrogens is 108 g/mol. The van der Waals surface area contributed by atoms with E-state index in [4.69, 9.17) is 0 Å². The molecule has 0 bridgehead atoms. The highest BCUT2D eigenvalue weighted by Crippen LogP contribution is 2.56. The fourth-order valence-electron chi connectivity index (χ4n) is 2.07. The molecule has 0 heterocycles. The third kappa shape index (κ3) is 0.997. The van der Waals surface area contributed by atoms with Crippen LogP contribution in [0.3, 0.4) is 0 Å². The smallest absolute Gasteiger partial charge is 0.0352 e. The molecule has 0 heteroatoms. The molecule has 0 N–H and O–H groups in total. The Labute approximate surface area is 57.6 Å². The van der Waals surface area contributed by atoms with Crippen LogP contribution in [0.4, 0.5) is 0 Å². The molecule has 2 aliphatic rings. The van der Waals surface area contributed by atoms with Gasteiger partial charge in [-0.25, -0.2) is 0 Å². The van der Waals surface area contributed by atoms with E-state index in [1.807, 2.05) is 0 Å². The summed E-state index contributed by atoms with van der Waals surface area (Å²) in [7, 11) is 0. The van der Waals surface area contributed by atoms with Crippen LogP contribution in [0, 0.1) is 23.7 Å². The van der Waals surface area contributed by atoms with Gasteiger partial charge in [-0.05, 0) is 42.9 Å². The second-order valence-electron chi connectivity index (χ2n) is 4.14. The molecule has 2 atom stereocenters. The summed E-state index contributed by atoms with van der Waals surface area (Å²) in [6, 6.07) is 0. The second kappa shape index (κ2) is 1.74. The van der Waals surface area contributed by atoms with Crippen LogP contribution < -0.4 is 0 Å². The molecule has 0 spiro atoms. The quantitative estimate of drug-likeness (QED) is 0.531. The van der Waals surface area contributed by atoms with Crippen molar-refractivity contribution >= 4 is 0 Å². The normalized spacial score (nSPS) is 41.7. The van der Waals surface area contributed by atoms with Crippen LogP contribution >= 0.6 is 0 Å². The van der Waals surface area contributed by atoms with Crippen LogP contribution in [0.1, 0.15) is 33.1 Å². The highest BCUT2D eigenvalue weighted by molar-refractivity contribution is 4.97. The zero-order chi connectivity index (χ0) is 6.43. The fourth-order valence-corrected chi connectivity index (χ4v) is 2.07. The summed E-state index contributed by atoms with van der Waals surface area (Å²) in [6.45, 7) is 4.74. The van der Waals surface area contributed by atoms with Crippen LogP contribution in [0.2, 0.25) is 0 Å². The summed E-state index contributed by atoms with van der Waals surface area (Å²) in [4.78, 5) is 0. The molecule has 52 valence electrons. The van der Waals surface area contributed by atoms with Gasteiger partial charge in [0.2, 0.25) is 0 Å². The van der Waals surface area contributed by atoms with E-state index in [9.17, 15) is 0 Å². The molecule has 0 radical (unpaired) electrons. The van der Waals surface area contributed by atoms with Crippen molar-refractivity contribution in [1.82, 2.24) is 0 Å². The lowest BCUT2D eigenvalue weighted by Crippen LogP contribution is -1.93. The number of hydrogen-bond donors (Lipinski definition) is 0. The number of rotatable bonds is 2. The largest absolute Gasteiger partial charge is 0.0625 e. The molecule has 2 fully saturated rings. The molecule has 2 saturated carbocycles. The fraction of sp³-hybridized carbons (Fsp3) is 1.00. The van der Waals surface area contributed by atoms with Gasteiger partial charge < -0.3 is 0 Å². The third-order valence-electron chi connectivity index (χ3n) is 2.97. The molecule has 1 unspecified atom stereocenters. The molecule has 2 rings (SSSR count). The molecule has 0 nitrogen and oxygen atoms in total. The SMILES string of the molecule is CC(C)[C@H]1CC1C1CC1. The third-order valence-corrected chi connectivity index (χ3v) is 2.97. The van der Waals surface area contributed by atoms with Crippen molar-refractivity contribution in [1.29, 1.82) is 0 Å². The van der Waals surface area contributed by atoms with Gasteiger partial charge in [-0.2, -0.15) is 0 Å². The van der Waals surface area contributed by atoms with Gasteiger partial charge in [0, 0.05) is 0 Å². The van der Waals surface area contributed by atoms with E-state index in [1.54, 1.807) is 19.3 Å². The van der Waals surface area contributed by atoms with Crippen molar-refractivity contribution in [2.75, 3.05) is 0 Å². The van der Waals surface area contributed by atoms with E-state index in [2.05, 4.69) is 13.8 Å². The minimum absolute atomic E-state index is 0.968. The lowest BCUT2D eigenvalue weighted by Gasteiger charge is -1.99. The summed E-state index contributed by atoms with van der Waals surface area (Å²) in [6.07, 6.45) is 4.66. The Bertz CT molecular complexity index is 105. The molecule has 0 saturated heterocycles. The summed E-state index contributed by atoms with van der Waals surface area (Å²) in [5.41, 5.74) is 0. The molecule has 0 aromatic rings. The Morgan fingerprint density at radius 1 is 1.22 bits per heavy atom. The van der Waals surface area contributed by atoms with Crippen LogP contribution in [0.5, 0.6) is 0 Å². The zero-order valence-corrected chi connectivity index (χ0v) is 6.43. The molecule has 0 aliphatic heterocycles. The van der Waals surface area contributed by atoms with Gasteiger partial charge in [-0.15, -0.1) is 0 Å². The van der Waals surface area contributed by atoms with E-state index in [0.717, 1.165) is 11.8 Å². The van der Waals surface area contributed by atoms with E-state index in [0.29, 0.717) is 0 Å². The van der Waals surface area contributed by atoms with Crippen LogP contribution in [-0.2, 0) is 0 Å². The van der Waals surface area contributed by atoms with Crippen LogP contribution in [-0.4, -0.2) is 0 Å². The second-order valence-corrected chi connectivity index (χ2v) is 4.14. The average molecular weight is 124 g/mol. The standard InChI is InChI=1S/C9H16/c1-6(2)8-5-9(8)7-3-4-7/h6-9H,3-5H2,1-2H3/t8-,9?/m1/s1. The molecule has 0 amide bonds. The first kappa shape index (κ1) is 5.76. The highest BCUT2D eigenvalue weighted by Gasteiger charge is 2.48. The van der Waals surface area contributed by atoms with Crippen LogP contribution in [0.15, 0.2) is 0 Å². The average Bonchev–Trinajstić information content (AvgIpc) is 2.60. The summed E-state index contributed by atoms with van der Waals surface area (Å²) >= 11 is 0. The van der Waals surface area contributed by atoms with E-state index < -0.39 is 0 Å². The van der Waals surface area contributed by atoms with E-state index in [1.165, 1.54) is 11.8 Å². The van der Waals surface area contributed by atoms with E-state index >= 15 is 0 Å². The van der Waals surface area contributed by atoms with Crippen molar-refractivity contribution < 1.29 is 0 Å². The molecule has 2 aliphatic carbocycles.